The Morgan fingerprint density at radius 2 is 2.15 bits per heavy atom. The van der Waals surface area contributed by atoms with E-state index in [1.54, 1.807) is 17.4 Å². The number of pyridine rings is 1. The topological polar surface area (TPSA) is 131 Å². The number of aromatic nitrogens is 8. The van der Waals surface area contributed by atoms with Crippen molar-refractivity contribution in [1.82, 2.24) is 44.6 Å². The van der Waals surface area contributed by atoms with E-state index in [-0.39, 0.29) is 17.7 Å². The van der Waals surface area contributed by atoms with Crippen LogP contribution in [0.25, 0.3) is 17.1 Å². The second-order valence-corrected chi connectivity index (χ2v) is 8.44. The number of fused-ring (bicyclic) bond motifs is 2. The van der Waals surface area contributed by atoms with E-state index in [1.807, 2.05) is 22.8 Å². The lowest BCUT2D eigenvalue weighted by molar-refractivity contribution is 0.0646. The van der Waals surface area contributed by atoms with Gasteiger partial charge in [0.1, 0.15) is 11.7 Å². The Labute approximate surface area is 193 Å². The summed E-state index contributed by atoms with van der Waals surface area (Å²) in [6.45, 7) is 4.75. The predicted molar refractivity (Wildman–Crippen MR) is 120 cm³/mol. The van der Waals surface area contributed by atoms with Gasteiger partial charge in [0, 0.05) is 37.3 Å². The Hall–Kier alpha value is -4.41. The second-order valence-electron chi connectivity index (χ2n) is 8.44. The van der Waals surface area contributed by atoms with Gasteiger partial charge in [-0.25, -0.2) is 14.5 Å². The van der Waals surface area contributed by atoms with E-state index in [0.29, 0.717) is 24.6 Å². The number of hydrogen-bond acceptors (Lipinski definition) is 8. The Kier molecular flexibility index (Phi) is 4.68. The number of aromatic amines is 1. The summed E-state index contributed by atoms with van der Waals surface area (Å²) in [4.78, 5) is 31.2. The van der Waals surface area contributed by atoms with E-state index in [9.17, 15) is 4.79 Å². The molecule has 0 saturated carbocycles. The molecule has 0 aliphatic carbocycles. The Bertz CT molecular complexity index is 1480. The van der Waals surface area contributed by atoms with Crippen LogP contribution >= 0.6 is 0 Å². The largest absolute Gasteiger partial charge is 0.411 e. The molecule has 5 aromatic heterocycles. The van der Waals surface area contributed by atoms with Crippen LogP contribution in [0, 0.1) is 0 Å². The zero-order chi connectivity index (χ0) is 23.2. The molecule has 5 aromatic rings. The first-order valence-electron chi connectivity index (χ1n) is 11.0. The molecule has 6 rings (SSSR count). The van der Waals surface area contributed by atoms with Crippen LogP contribution in [-0.2, 0) is 6.42 Å². The van der Waals surface area contributed by atoms with Gasteiger partial charge in [-0.05, 0) is 23.6 Å². The first-order chi connectivity index (χ1) is 16.6. The summed E-state index contributed by atoms with van der Waals surface area (Å²) in [7, 11) is 0. The van der Waals surface area contributed by atoms with Crippen molar-refractivity contribution >= 4 is 11.4 Å². The van der Waals surface area contributed by atoms with E-state index in [1.165, 1.54) is 18.0 Å². The third-order valence-corrected chi connectivity index (χ3v) is 6.03. The summed E-state index contributed by atoms with van der Waals surface area (Å²) in [6.07, 6.45) is 8.77. The molecule has 0 fully saturated rings. The third-order valence-electron chi connectivity index (χ3n) is 6.03. The molecule has 0 aromatic carbocycles. The molecule has 0 radical (unpaired) electrons. The molecule has 0 saturated heterocycles. The normalized spacial score (nSPS) is 15.7. The number of nitrogens with zero attached hydrogens (tertiary/aromatic N) is 8. The fourth-order valence-corrected chi connectivity index (χ4v) is 4.42. The lowest BCUT2D eigenvalue weighted by Crippen LogP contribution is -2.41. The Morgan fingerprint density at radius 1 is 1.24 bits per heavy atom. The van der Waals surface area contributed by atoms with Gasteiger partial charge in [0.2, 0.25) is 0 Å². The average molecular weight is 455 g/mol. The zero-order valence-electron chi connectivity index (χ0n) is 18.6. The number of rotatable bonds is 4. The van der Waals surface area contributed by atoms with E-state index < -0.39 is 6.04 Å². The molecule has 1 unspecified atom stereocenters. The van der Waals surface area contributed by atoms with Crippen molar-refractivity contribution in [3.8, 4) is 11.6 Å². The second kappa shape index (κ2) is 7.87. The number of hydrogen-bond donors (Lipinski definition) is 1. The van der Waals surface area contributed by atoms with Gasteiger partial charge >= 0.3 is 11.8 Å². The maximum atomic E-state index is 13.6. The standard InChI is InChI=1S/C23H21N9O2/c1-13(2)14-4-3-8-32-18(14)10-16(30-32)20-19-15(26-12-27-19)5-9-31(20)23(33)22-29-28-21(34-22)17-11-24-6-7-25-17/h3-4,6-8,10-13,20H,5,9H2,1-2H3,(H,26,27). The van der Waals surface area contributed by atoms with Crippen LogP contribution in [-0.4, -0.2) is 57.1 Å². The van der Waals surface area contributed by atoms with Gasteiger partial charge in [0.15, 0.2) is 0 Å². The lowest BCUT2D eigenvalue weighted by Gasteiger charge is -2.32. The van der Waals surface area contributed by atoms with Gasteiger partial charge in [-0.15, -0.1) is 10.2 Å². The number of imidazole rings is 1. The van der Waals surface area contributed by atoms with Gasteiger partial charge in [0.25, 0.3) is 5.89 Å². The van der Waals surface area contributed by atoms with Crippen LogP contribution in [0.4, 0.5) is 0 Å². The monoisotopic (exact) mass is 455 g/mol. The van der Waals surface area contributed by atoms with Crippen molar-refractivity contribution in [3.05, 3.63) is 77.8 Å². The van der Waals surface area contributed by atoms with Gasteiger partial charge < -0.3 is 14.3 Å². The molecule has 170 valence electrons. The van der Waals surface area contributed by atoms with E-state index in [2.05, 4.69) is 50.0 Å². The first kappa shape index (κ1) is 20.2. The molecule has 0 bridgehead atoms. The van der Waals surface area contributed by atoms with Crippen molar-refractivity contribution in [2.24, 2.45) is 0 Å². The SMILES string of the molecule is CC(C)c1cccn2nc(C3c4nc[nH]c4CCN3C(=O)c3nnc(-c4cnccn4)o3)cc12. The summed E-state index contributed by atoms with van der Waals surface area (Å²) < 4.78 is 7.53. The molecule has 11 heteroatoms. The van der Waals surface area contributed by atoms with Gasteiger partial charge in [-0.3, -0.25) is 9.78 Å². The quantitative estimate of drug-likeness (QED) is 0.438. The minimum absolute atomic E-state index is 0.115. The third kappa shape index (κ3) is 3.24. The summed E-state index contributed by atoms with van der Waals surface area (Å²) in [5, 5.41) is 12.8. The summed E-state index contributed by atoms with van der Waals surface area (Å²) in [5.41, 5.74) is 5.07. The molecule has 1 aliphatic heterocycles. The minimum atomic E-state index is -0.491. The average Bonchev–Trinajstić information content (AvgIpc) is 3.62. The Balaban J connectivity index is 1.42. The van der Waals surface area contributed by atoms with Gasteiger partial charge in [-0.2, -0.15) is 5.10 Å². The van der Waals surface area contributed by atoms with Crippen molar-refractivity contribution in [2.75, 3.05) is 6.54 Å². The van der Waals surface area contributed by atoms with E-state index >= 15 is 0 Å². The summed E-state index contributed by atoms with van der Waals surface area (Å²) >= 11 is 0. The van der Waals surface area contributed by atoms with Gasteiger partial charge in [-0.1, -0.05) is 19.9 Å². The van der Waals surface area contributed by atoms with Crippen molar-refractivity contribution in [1.29, 1.82) is 0 Å². The molecular formula is C23H21N9O2. The maximum Gasteiger partial charge on any atom is 0.312 e. The maximum absolute atomic E-state index is 13.6. The van der Waals surface area contributed by atoms with Gasteiger partial charge in [0.05, 0.1) is 29.4 Å². The number of carbonyl (C=O) groups is 1. The number of amides is 1. The fraction of sp³-hybridized carbons (Fsp3) is 0.261. The van der Waals surface area contributed by atoms with Crippen molar-refractivity contribution < 1.29 is 9.21 Å². The van der Waals surface area contributed by atoms with Crippen LogP contribution in [0.15, 0.2) is 53.7 Å². The molecule has 11 nitrogen and oxygen atoms in total. The highest BCUT2D eigenvalue weighted by Crippen LogP contribution is 2.35. The Morgan fingerprint density at radius 3 is 2.97 bits per heavy atom. The highest BCUT2D eigenvalue weighted by atomic mass is 16.4. The van der Waals surface area contributed by atoms with E-state index in [4.69, 9.17) is 9.52 Å². The van der Waals surface area contributed by atoms with Crippen LogP contribution in [0.5, 0.6) is 0 Å². The highest BCUT2D eigenvalue weighted by Gasteiger charge is 2.38. The number of carbonyl (C=O) groups excluding carboxylic acids is 1. The summed E-state index contributed by atoms with van der Waals surface area (Å²) in [5.74, 6) is -0.0327. The molecule has 6 heterocycles. The van der Waals surface area contributed by atoms with Crippen LogP contribution in [0.2, 0.25) is 0 Å². The smallest absolute Gasteiger partial charge is 0.312 e. The molecule has 1 amide bonds. The minimum Gasteiger partial charge on any atom is -0.411 e. The van der Waals surface area contributed by atoms with Crippen LogP contribution < -0.4 is 0 Å². The number of nitrogens with one attached hydrogen (secondary N) is 1. The lowest BCUT2D eigenvalue weighted by atomic mass is 9.98. The van der Waals surface area contributed by atoms with Crippen molar-refractivity contribution in [3.63, 3.8) is 0 Å². The van der Waals surface area contributed by atoms with E-state index in [0.717, 1.165) is 22.6 Å². The highest BCUT2D eigenvalue weighted by molar-refractivity contribution is 5.90. The molecule has 1 atom stereocenters. The zero-order valence-corrected chi connectivity index (χ0v) is 18.6. The molecule has 0 spiro atoms. The van der Waals surface area contributed by atoms with Crippen LogP contribution in [0.3, 0.4) is 0 Å². The molecule has 1 N–H and O–H groups in total. The predicted octanol–water partition coefficient (Wildman–Crippen LogP) is 2.81. The molecule has 34 heavy (non-hydrogen) atoms. The van der Waals surface area contributed by atoms with Crippen molar-refractivity contribution in [2.45, 2.75) is 32.2 Å². The summed E-state index contributed by atoms with van der Waals surface area (Å²) in [6, 6.07) is 5.62. The molecular weight excluding hydrogens is 434 g/mol. The fourth-order valence-electron chi connectivity index (χ4n) is 4.42. The first-order valence-corrected chi connectivity index (χ1v) is 11.0. The number of H-pyrrole nitrogens is 1. The van der Waals surface area contributed by atoms with Crippen LogP contribution in [0.1, 0.15) is 59.1 Å². The molecule has 1 aliphatic rings.